The Balaban J connectivity index is 1.48. The minimum atomic E-state index is -0.207. The number of nitrogens with zero attached hydrogens (tertiary/aromatic N) is 2. The van der Waals surface area contributed by atoms with Gasteiger partial charge in [-0.05, 0) is 37.0 Å². The fourth-order valence-electron chi connectivity index (χ4n) is 2.93. The molecule has 1 N–H and O–H groups in total. The van der Waals surface area contributed by atoms with Crippen LogP contribution in [-0.4, -0.2) is 22.7 Å². The molecule has 1 amide bonds. The Kier molecular flexibility index (Phi) is 5.80. The zero-order chi connectivity index (χ0) is 16.8. The van der Waals surface area contributed by atoms with Crippen LogP contribution in [0, 0.1) is 0 Å². The molecule has 0 radical (unpaired) electrons. The van der Waals surface area contributed by atoms with Gasteiger partial charge in [0.15, 0.2) is 6.61 Å². The quantitative estimate of drug-likeness (QED) is 0.853. The minimum Gasteiger partial charge on any atom is -0.484 e. The van der Waals surface area contributed by atoms with E-state index < -0.39 is 0 Å². The van der Waals surface area contributed by atoms with Gasteiger partial charge in [-0.15, -0.1) is 10.2 Å². The summed E-state index contributed by atoms with van der Waals surface area (Å²) in [5, 5.41) is 12.7. The summed E-state index contributed by atoms with van der Waals surface area (Å²) in [6, 6.07) is 7.79. The first kappa shape index (κ1) is 16.9. The maximum atomic E-state index is 12.0. The van der Waals surface area contributed by atoms with Crippen LogP contribution in [0.15, 0.2) is 24.3 Å². The van der Waals surface area contributed by atoms with E-state index in [1.54, 1.807) is 0 Å². The molecule has 128 valence electrons. The lowest BCUT2D eigenvalue weighted by Crippen LogP contribution is -2.20. The molecule has 0 aliphatic heterocycles. The van der Waals surface area contributed by atoms with E-state index in [-0.39, 0.29) is 12.5 Å². The average Bonchev–Trinajstić information content (AvgIpc) is 3.09. The molecule has 5 nitrogen and oxygen atoms in total. The van der Waals surface area contributed by atoms with Gasteiger partial charge in [-0.3, -0.25) is 10.1 Å². The van der Waals surface area contributed by atoms with Crippen LogP contribution in [0.5, 0.6) is 5.75 Å². The largest absolute Gasteiger partial charge is 0.484 e. The zero-order valence-corrected chi connectivity index (χ0v) is 14.8. The van der Waals surface area contributed by atoms with E-state index in [2.05, 4.69) is 22.4 Å². The van der Waals surface area contributed by atoms with Crippen LogP contribution in [0.2, 0.25) is 0 Å². The summed E-state index contributed by atoms with van der Waals surface area (Å²) in [4.78, 5) is 12.0. The molecule has 1 aliphatic carbocycles. The third-order valence-corrected chi connectivity index (χ3v) is 5.34. The van der Waals surface area contributed by atoms with Crippen LogP contribution < -0.4 is 10.1 Å². The molecule has 1 aromatic heterocycles. The van der Waals surface area contributed by atoms with Gasteiger partial charge in [-0.1, -0.05) is 49.7 Å². The summed E-state index contributed by atoms with van der Waals surface area (Å²) >= 11 is 1.48. The standard InChI is InChI=1S/C18H23N3O2S/c1-2-13-8-10-15(11-9-13)23-12-16(22)19-18-21-20-17(24-18)14-6-4-3-5-7-14/h8-11,14H,2-7,12H2,1H3,(H,19,21,22). The molecule has 24 heavy (non-hydrogen) atoms. The highest BCUT2D eigenvalue weighted by atomic mass is 32.1. The predicted molar refractivity (Wildman–Crippen MR) is 95.7 cm³/mol. The Hall–Kier alpha value is -1.95. The number of amides is 1. The van der Waals surface area contributed by atoms with Gasteiger partial charge < -0.3 is 4.74 Å². The van der Waals surface area contributed by atoms with E-state index >= 15 is 0 Å². The number of aryl methyl sites for hydroxylation is 1. The van der Waals surface area contributed by atoms with Gasteiger partial charge in [0.25, 0.3) is 5.91 Å². The number of carbonyl (C=O) groups is 1. The van der Waals surface area contributed by atoms with Crippen molar-refractivity contribution in [3.8, 4) is 5.75 Å². The van der Waals surface area contributed by atoms with Gasteiger partial charge in [0.1, 0.15) is 10.8 Å². The second kappa shape index (κ2) is 8.24. The van der Waals surface area contributed by atoms with Crippen LogP contribution in [0.1, 0.15) is 55.5 Å². The number of carbonyl (C=O) groups excluding carboxylic acids is 1. The molecule has 0 spiro atoms. The first-order chi connectivity index (χ1) is 11.7. The monoisotopic (exact) mass is 345 g/mol. The Bertz CT molecular complexity index is 663. The van der Waals surface area contributed by atoms with E-state index in [4.69, 9.17) is 4.74 Å². The number of hydrogen-bond donors (Lipinski definition) is 1. The Morgan fingerprint density at radius 2 is 1.96 bits per heavy atom. The lowest BCUT2D eigenvalue weighted by atomic mass is 9.90. The molecule has 2 aromatic rings. The highest BCUT2D eigenvalue weighted by Crippen LogP contribution is 2.35. The van der Waals surface area contributed by atoms with Crippen molar-refractivity contribution in [3.05, 3.63) is 34.8 Å². The predicted octanol–water partition coefficient (Wildman–Crippen LogP) is 4.17. The Labute approximate surface area is 146 Å². The maximum Gasteiger partial charge on any atom is 0.264 e. The molecular formula is C18H23N3O2S. The summed E-state index contributed by atoms with van der Waals surface area (Å²) in [5.74, 6) is 0.999. The maximum absolute atomic E-state index is 12.0. The summed E-state index contributed by atoms with van der Waals surface area (Å²) in [5.41, 5.74) is 1.25. The normalized spacial score (nSPS) is 15.2. The van der Waals surface area contributed by atoms with Crippen LogP contribution in [0.3, 0.4) is 0 Å². The molecule has 1 saturated carbocycles. The van der Waals surface area contributed by atoms with Crippen LogP contribution in [-0.2, 0) is 11.2 Å². The van der Waals surface area contributed by atoms with Gasteiger partial charge in [-0.25, -0.2) is 0 Å². The van der Waals surface area contributed by atoms with Crippen molar-refractivity contribution >= 4 is 22.4 Å². The number of rotatable bonds is 6. The molecule has 6 heteroatoms. The number of benzene rings is 1. The molecule has 0 unspecified atom stereocenters. The highest BCUT2D eigenvalue weighted by molar-refractivity contribution is 7.15. The summed E-state index contributed by atoms with van der Waals surface area (Å²) in [7, 11) is 0. The van der Waals surface area contributed by atoms with Crippen LogP contribution >= 0.6 is 11.3 Å². The van der Waals surface area contributed by atoms with E-state index in [9.17, 15) is 4.79 Å². The molecule has 1 fully saturated rings. The third-order valence-electron chi connectivity index (χ3n) is 4.34. The van der Waals surface area contributed by atoms with Crippen molar-refractivity contribution < 1.29 is 9.53 Å². The molecular weight excluding hydrogens is 322 g/mol. The molecule has 0 atom stereocenters. The number of ether oxygens (including phenoxy) is 1. The molecule has 1 aliphatic rings. The summed E-state index contributed by atoms with van der Waals surface area (Å²) in [6.45, 7) is 2.08. The van der Waals surface area contributed by atoms with Crippen molar-refractivity contribution in [1.82, 2.24) is 10.2 Å². The SMILES string of the molecule is CCc1ccc(OCC(=O)Nc2nnc(C3CCCCC3)s2)cc1. The smallest absolute Gasteiger partial charge is 0.264 e. The van der Waals surface area contributed by atoms with E-state index in [1.807, 2.05) is 24.3 Å². The lowest BCUT2D eigenvalue weighted by molar-refractivity contribution is -0.118. The summed E-state index contributed by atoms with van der Waals surface area (Å²) < 4.78 is 5.51. The second-order valence-corrected chi connectivity index (χ2v) is 7.12. The Morgan fingerprint density at radius 3 is 2.67 bits per heavy atom. The van der Waals surface area contributed by atoms with Crippen LogP contribution in [0.4, 0.5) is 5.13 Å². The van der Waals surface area contributed by atoms with Crippen LogP contribution in [0.25, 0.3) is 0 Å². The number of aromatic nitrogens is 2. The van der Waals surface area contributed by atoms with Gasteiger partial charge in [0.2, 0.25) is 5.13 Å². The van der Waals surface area contributed by atoms with E-state index in [0.717, 1.165) is 11.4 Å². The topological polar surface area (TPSA) is 64.1 Å². The molecule has 0 bridgehead atoms. The molecule has 0 saturated heterocycles. The molecule has 3 rings (SSSR count). The number of hydrogen-bond acceptors (Lipinski definition) is 5. The number of anilines is 1. The first-order valence-corrected chi connectivity index (χ1v) is 9.41. The van der Waals surface area contributed by atoms with Crippen molar-refractivity contribution in [1.29, 1.82) is 0 Å². The van der Waals surface area contributed by atoms with Gasteiger partial charge >= 0.3 is 0 Å². The second-order valence-electron chi connectivity index (χ2n) is 6.11. The van der Waals surface area contributed by atoms with Crippen molar-refractivity contribution in [2.75, 3.05) is 11.9 Å². The molecule has 1 aromatic carbocycles. The van der Waals surface area contributed by atoms with Crippen molar-refractivity contribution in [2.45, 2.75) is 51.4 Å². The number of nitrogens with one attached hydrogen (secondary N) is 1. The van der Waals surface area contributed by atoms with Gasteiger partial charge in [-0.2, -0.15) is 0 Å². The summed E-state index contributed by atoms with van der Waals surface area (Å²) in [6.07, 6.45) is 7.18. The lowest BCUT2D eigenvalue weighted by Gasteiger charge is -2.18. The Morgan fingerprint density at radius 1 is 1.21 bits per heavy atom. The van der Waals surface area contributed by atoms with E-state index in [0.29, 0.717) is 16.8 Å². The zero-order valence-electron chi connectivity index (χ0n) is 14.0. The van der Waals surface area contributed by atoms with Gasteiger partial charge in [0, 0.05) is 5.92 Å². The molecule has 1 heterocycles. The van der Waals surface area contributed by atoms with E-state index in [1.165, 1.54) is 49.0 Å². The van der Waals surface area contributed by atoms with Crippen molar-refractivity contribution in [2.24, 2.45) is 0 Å². The fraction of sp³-hybridized carbons (Fsp3) is 0.500. The average molecular weight is 345 g/mol. The first-order valence-electron chi connectivity index (χ1n) is 8.59. The third kappa shape index (κ3) is 4.54. The van der Waals surface area contributed by atoms with Gasteiger partial charge in [0.05, 0.1) is 0 Å². The van der Waals surface area contributed by atoms with Crippen molar-refractivity contribution in [3.63, 3.8) is 0 Å². The highest BCUT2D eigenvalue weighted by Gasteiger charge is 2.20. The fourth-order valence-corrected chi connectivity index (χ4v) is 3.85. The minimum absolute atomic E-state index is 0.0240.